The number of hydrogen-bond acceptors (Lipinski definition) is 4. The highest BCUT2D eigenvalue weighted by atomic mass is 16.5. The van der Waals surface area contributed by atoms with Gasteiger partial charge in [0.05, 0.1) is 0 Å². The first-order valence-corrected chi connectivity index (χ1v) is 6.65. The van der Waals surface area contributed by atoms with E-state index >= 15 is 0 Å². The molecule has 106 valence electrons. The maximum Gasteiger partial charge on any atom is 0.257 e. The number of nitrogens with zero attached hydrogens (tertiary/aromatic N) is 1. The molecule has 1 aromatic heterocycles. The molecular weight excluding hydrogens is 254 g/mol. The second-order valence-electron chi connectivity index (χ2n) is 4.85. The Labute approximate surface area is 118 Å². The Hall–Kier alpha value is -2.14. The minimum atomic E-state index is -0.178. The molecule has 0 aliphatic rings. The Morgan fingerprint density at radius 2 is 2.10 bits per heavy atom. The first kappa shape index (κ1) is 14.3. The average molecular weight is 273 g/mol. The van der Waals surface area contributed by atoms with Gasteiger partial charge in [-0.2, -0.15) is 0 Å². The predicted octanol–water partition coefficient (Wildman–Crippen LogP) is 2.12. The zero-order chi connectivity index (χ0) is 14.5. The van der Waals surface area contributed by atoms with E-state index in [9.17, 15) is 4.79 Å². The van der Waals surface area contributed by atoms with E-state index < -0.39 is 0 Å². The monoisotopic (exact) mass is 273 g/mol. The van der Waals surface area contributed by atoms with Gasteiger partial charge in [0, 0.05) is 18.2 Å². The third kappa shape index (κ3) is 3.24. The quantitative estimate of drug-likeness (QED) is 0.874. The number of carbonyl (C=O) groups is 1. The Morgan fingerprint density at radius 1 is 1.40 bits per heavy atom. The van der Waals surface area contributed by atoms with Gasteiger partial charge in [0.15, 0.2) is 0 Å². The summed E-state index contributed by atoms with van der Waals surface area (Å²) in [4.78, 5) is 12.3. The van der Waals surface area contributed by atoms with Gasteiger partial charge in [-0.25, -0.2) is 0 Å². The largest absolute Gasteiger partial charge is 0.360 e. The van der Waals surface area contributed by atoms with Gasteiger partial charge in [-0.15, -0.1) is 0 Å². The molecule has 0 fully saturated rings. The molecular formula is C15H19N3O2. The van der Waals surface area contributed by atoms with Gasteiger partial charge in [-0.3, -0.25) is 4.79 Å². The summed E-state index contributed by atoms with van der Waals surface area (Å²) in [6.07, 6.45) is 0.733. The lowest BCUT2D eigenvalue weighted by Crippen LogP contribution is -2.29. The zero-order valence-electron chi connectivity index (χ0n) is 11.7. The number of carbonyl (C=O) groups excluding carboxylic acids is 1. The molecule has 1 atom stereocenters. The van der Waals surface area contributed by atoms with Crippen LogP contribution in [0.2, 0.25) is 0 Å². The second-order valence-corrected chi connectivity index (χ2v) is 4.85. The van der Waals surface area contributed by atoms with Gasteiger partial charge in [-0.05, 0) is 20.3 Å². The summed E-state index contributed by atoms with van der Waals surface area (Å²) in [6.45, 7) is 4.18. The van der Waals surface area contributed by atoms with Gasteiger partial charge in [0.2, 0.25) is 0 Å². The van der Waals surface area contributed by atoms with Gasteiger partial charge in [0.1, 0.15) is 17.0 Å². The fourth-order valence-corrected chi connectivity index (χ4v) is 1.93. The molecule has 5 nitrogen and oxygen atoms in total. The van der Waals surface area contributed by atoms with Crippen molar-refractivity contribution in [2.45, 2.75) is 26.3 Å². The number of rotatable bonds is 5. The Bertz CT molecular complexity index is 576. The molecule has 5 heteroatoms. The van der Waals surface area contributed by atoms with Gasteiger partial charge in [-0.1, -0.05) is 35.5 Å². The zero-order valence-corrected chi connectivity index (χ0v) is 11.7. The molecule has 0 saturated heterocycles. The van der Waals surface area contributed by atoms with Crippen LogP contribution in [-0.4, -0.2) is 23.7 Å². The predicted molar refractivity (Wildman–Crippen MR) is 77.3 cm³/mol. The van der Waals surface area contributed by atoms with E-state index in [1.807, 2.05) is 37.3 Å². The number of aromatic nitrogens is 1. The molecule has 0 spiro atoms. The van der Waals surface area contributed by atoms with Crippen molar-refractivity contribution in [2.75, 3.05) is 6.54 Å². The van der Waals surface area contributed by atoms with Crippen LogP contribution in [0.25, 0.3) is 11.3 Å². The van der Waals surface area contributed by atoms with Crippen LogP contribution in [0.3, 0.4) is 0 Å². The third-order valence-electron chi connectivity index (χ3n) is 3.02. The lowest BCUT2D eigenvalue weighted by molar-refractivity contribution is 0.0952. The van der Waals surface area contributed by atoms with Crippen molar-refractivity contribution in [1.29, 1.82) is 0 Å². The van der Waals surface area contributed by atoms with Crippen LogP contribution in [0.5, 0.6) is 0 Å². The lowest BCUT2D eigenvalue weighted by atomic mass is 10.1. The molecule has 3 N–H and O–H groups in total. The Balaban J connectivity index is 2.19. The lowest BCUT2D eigenvalue weighted by Gasteiger charge is -2.07. The number of benzene rings is 1. The third-order valence-corrected chi connectivity index (χ3v) is 3.02. The maximum atomic E-state index is 12.3. The van der Waals surface area contributed by atoms with Crippen molar-refractivity contribution >= 4 is 5.91 Å². The molecule has 1 unspecified atom stereocenters. The van der Waals surface area contributed by atoms with Crippen LogP contribution in [0.1, 0.15) is 29.5 Å². The summed E-state index contributed by atoms with van der Waals surface area (Å²) in [5.41, 5.74) is 7.59. The molecule has 0 aliphatic carbocycles. The molecule has 0 radical (unpaired) electrons. The molecule has 0 bridgehead atoms. The number of nitrogens with one attached hydrogen (secondary N) is 1. The smallest absolute Gasteiger partial charge is 0.257 e. The van der Waals surface area contributed by atoms with Gasteiger partial charge >= 0.3 is 0 Å². The molecule has 20 heavy (non-hydrogen) atoms. The molecule has 0 saturated carbocycles. The average Bonchev–Trinajstić information content (AvgIpc) is 2.81. The van der Waals surface area contributed by atoms with Crippen molar-refractivity contribution in [3.63, 3.8) is 0 Å². The van der Waals surface area contributed by atoms with Gasteiger partial charge in [0.25, 0.3) is 5.91 Å². The first-order valence-electron chi connectivity index (χ1n) is 6.65. The van der Waals surface area contributed by atoms with E-state index in [1.165, 1.54) is 0 Å². The highest BCUT2D eigenvalue weighted by Crippen LogP contribution is 2.24. The summed E-state index contributed by atoms with van der Waals surface area (Å²) in [6, 6.07) is 9.58. The van der Waals surface area contributed by atoms with Crippen molar-refractivity contribution in [3.8, 4) is 11.3 Å². The fraction of sp³-hybridized carbons (Fsp3) is 0.333. The van der Waals surface area contributed by atoms with E-state index in [4.69, 9.17) is 10.3 Å². The second kappa shape index (κ2) is 6.34. The van der Waals surface area contributed by atoms with E-state index in [2.05, 4.69) is 10.5 Å². The normalized spacial score (nSPS) is 12.2. The number of amides is 1. The van der Waals surface area contributed by atoms with E-state index in [0.29, 0.717) is 23.6 Å². The summed E-state index contributed by atoms with van der Waals surface area (Å²) in [5, 5.41) is 6.84. The number of aryl methyl sites for hydroxylation is 1. The van der Waals surface area contributed by atoms with Crippen molar-refractivity contribution < 1.29 is 9.32 Å². The summed E-state index contributed by atoms with van der Waals surface area (Å²) in [5.74, 6) is 0.338. The van der Waals surface area contributed by atoms with E-state index in [0.717, 1.165) is 12.0 Å². The van der Waals surface area contributed by atoms with Crippen LogP contribution in [0.15, 0.2) is 34.9 Å². The van der Waals surface area contributed by atoms with Gasteiger partial charge < -0.3 is 15.6 Å². The number of nitrogens with two attached hydrogens (primary N) is 1. The van der Waals surface area contributed by atoms with E-state index in [1.54, 1.807) is 6.92 Å². The minimum Gasteiger partial charge on any atom is -0.360 e. The summed E-state index contributed by atoms with van der Waals surface area (Å²) in [7, 11) is 0. The van der Waals surface area contributed by atoms with Crippen LogP contribution >= 0.6 is 0 Å². The maximum absolute atomic E-state index is 12.3. The standard InChI is InChI=1S/C15H19N3O2/c1-10(16)8-9-17-15(19)13-11(2)20-18-14(13)12-6-4-3-5-7-12/h3-7,10H,8-9,16H2,1-2H3,(H,17,19). The fourth-order valence-electron chi connectivity index (χ4n) is 1.93. The molecule has 1 aromatic carbocycles. The molecule has 2 aromatic rings. The highest BCUT2D eigenvalue weighted by Gasteiger charge is 2.21. The first-order chi connectivity index (χ1) is 9.59. The number of hydrogen-bond donors (Lipinski definition) is 2. The minimum absolute atomic E-state index is 0.0625. The molecule has 1 amide bonds. The molecule has 2 rings (SSSR count). The van der Waals surface area contributed by atoms with Crippen LogP contribution < -0.4 is 11.1 Å². The topological polar surface area (TPSA) is 81.2 Å². The SMILES string of the molecule is Cc1onc(-c2ccccc2)c1C(=O)NCCC(C)N. The Morgan fingerprint density at radius 3 is 2.75 bits per heavy atom. The van der Waals surface area contributed by atoms with Crippen molar-refractivity contribution in [2.24, 2.45) is 5.73 Å². The molecule has 0 aliphatic heterocycles. The van der Waals surface area contributed by atoms with Crippen LogP contribution in [0, 0.1) is 6.92 Å². The van der Waals surface area contributed by atoms with Crippen LogP contribution in [-0.2, 0) is 0 Å². The molecule has 1 heterocycles. The van der Waals surface area contributed by atoms with Crippen LogP contribution in [0.4, 0.5) is 0 Å². The van der Waals surface area contributed by atoms with E-state index in [-0.39, 0.29) is 11.9 Å². The van der Waals surface area contributed by atoms with Crippen molar-refractivity contribution in [3.05, 3.63) is 41.7 Å². The Kier molecular flexibility index (Phi) is 4.53. The van der Waals surface area contributed by atoms with Crippen molar-refractivity contribution in [1.82, 2.24) is 10.5 Å². The summed E-state index contributed by atoms with van der Waals surface area (Å²) >= 11 is 0. The summed E-state index contributed by atoms with van der Waals surface area (Å²) < 4.78 is 5.16. The highest BCUT2D eigenvalue weighted by molar-refractivity contribution is 6.00.